The highest BCUT2D eigenvalue weighted by atomic mass is 19.3. The van der Waals surface area contributed by atoms with Crippen molar-refractivity contribution < 1.29 is 13.9 Å². The van der Waals surface area contributed by atoms with Gasteiger partial charge in [0.15, 0.2) is 0 Å². The van der Waals surface area contributed by atoms with E-state index >= 15 is 0 Å². The highest BCUT2D eigenvalue weighted by Crippen LogP contribution is 2.28. The molecule has 5 heteroatoms. The Morgan fingerprint density at radius 3 is 2.71 bits per heavy atom. The molecule has 0 fully saturated rings. The lowest BCUT2D eigenvalue weighted by Gasteiger charge is -2.15. The van der Waals surface area contributed by atoms with E-state index in [0.717, 1.165) is 6.07 Å². The molecular weight excluding hydrogens is 190 g/mol. The van der Waals surface area contributed by atoms with E-state index in [-0.39, 0.29) is 6.42 Å². The maximum absolute atomic E-state index is 13.3. The standard InChI is InChI=1S/C9H10F2N2O/c10-9(11,7(12)4-6-14)8-3-1-2-5-13-8/h1-3,5,12,14H,4,6H2. The average Bonchev–Trinajstić information content (AvgIpc) is 2.19. The number of aliphatic hydroxyl groups excluding tert-OH is 1. The van der Waals surface area contributed by atoms with Crippen LogP contribution in [0.1, 0.15) is 12.1 Å². The number of pyridine rings is 1. The molecule has 0 aliphatic rings. The molecule has 0 aliphatic carbocycles. The van der Waals surface area contributed by atoms with Gasteiger partial charge in [-0.1, -0.05) is 6.07 Å². The van der Waals surface area contributed by atoms with Gasteiger partial charge in [0, 0.05) is 19.2 Å². The normalized spacial score (nSPS) is 11.4. The molecule has 0 aliphatic heterocycles. The Morgan fingerprint density at radius 1 is 1.50 bits per heavy atom. The number of nitrogens with one attached hydrogen (secondary N) is 1. The second kappa shape index (κ2) is 4.23. The SMILES string of the molecule is N=C(CCO)C(F)(F)c1ccccn1. The molecule has 3 nitrogen and oxygen atoms in total. The summed E-state index contributed by atoms with van der Waals surface area (Å²) in [4.78, 5) is 3.48. The van der Waals surface area contributed by atoms with Gasteiger partial charge >= 0.3 is 5.92 Å². The summed E-state index contributed by atoms with van der Waals surface area (Å²) in [5, 5.41) is 15.5. The number of nitrogens with zero attached hydrogens (tertiary/aromatic N) is 1. The van der Waals surface area contributed by atoms with Crippen LogP contribution in [0.2, 0.25) is 0 Å². The molecule has 2 N–H and O–H groups in total. The van der Waals surface area contributed by atoms with Crippen molar-refractivity contribution in [2.75, 3.05) is 6.61 Å². The molecule has 1 heterocycles. The lowest BCUT2D eigenvalue weighted by molar-refractivity contribution is 0.0659. The van der Waals surface area contributed by atoms with Gasteiger partial charge in [0.25, 0.3) is 0 Å². The fourth-order valence-electron chi connectivity index (χ4n) is 0.972. The van der Waals surface area contributed by atoms with E-state index in [1.807, 2.05) is 0 Å². The molecule has 14 heavy (non-hydrogen) atoms. The van der Waals surface area contributed by atoms with Crippen molar-refractivity contribution in [3.8, 4) is 0 Å². The Hall–Kier alpha value is -1.36. The van der Waals surface area contributed by atoms with Crippen molar-refractivity contribution in [2.24, 2.45) is 0 Å². The molecule has 1 rings (SSSR count). The third-order valence-electron chi connectivity index (χ3n) is 1.73. The number of hydrogen-bond donors (Lipinski definition) is 2. The number of rotatable bonds is 4. The summed E-state index contributed by atoms with van der Waals surface area (Å²) in [5.74, 6) is -3.38. The lowest BCUT2D eigenvalue weighted by Crippen LogP contribution is -2.27. The Bertz CT molecular complexity index is 314. The fraction of sp³-hybridized carbons (Fsp3) is 0.333. The third kappa shape index (κ3) is 2.11. The first-order chi connectivity index (χ1) is 6.59. The van der Waals surface area contributed by atoms with Gasteiger partial charge in [0.2, 0.25) is 0 Å². The van der Waals surface area contributed by atoms with Crippen LogP contribution in [0, 0.1) is 5.41 Å². The summed E-state index contributed by atoms with van der Waals surface area (Å²) in [6, 6.07) is 4.11. The minimum Gasteiger partial charge on any atom is -0.396 e. The second-order valence-electron chi connectivity index (χ2n) is 2.74. The molecule has 1 aromatic rings. The van der Waals surface area contributed by atoms with Gasteiger partial charge in [-0.2, -0.15) is 8.78 Å². The van der Waals surface area contributed by atoms with E-state index in [0.29, 0.717) is 0 Å². The molecule has 0 radical (unpaired) electrons. The summed E-state index contributed by atoms with van der Waals surface area (Å²) in [6.07, 6.45) is 0.902. The fourth-order valence-corrected chi connectivity index (χ4v) is 0.972. The van der Waals surface area contributed by atoms with Crippen LogP contribution < -0.4 is 0 Å². The lowest BCUT2D eigenvalue weighted by atomic mass is 10.1. The van der Waals surface area contributed by atoms with Crippen molar-refractivity contribution in [1.29, 1.82) is 5.41 Å². The number of alkyl halides is 2. The van der Waals surface area contributed by atoms with Crippen LogP contribution >= 0.6 is 0 Å². The Labute approximate surface area is 79.9 Å². The average molecular weight is 200 g/mol. The molecule has 0 saturated heterocycles. The van der Waals surface area contributed by atoms with Crippen molar-refractivity contribution >= 4 is 5.71 Å². The Morgan fingerprint density at radius 2 is 2.21 bits per heavy atom. The van der Waals surface area contributed by atoms with E-state index in [9.17, 15) is 8.78 Å². The first kappa shape index (κ1) is 10.7. The zero-order valence-electron chi connectivity index (χ0n) is 7.37. The number of aromatic nitrogens is 1. The monoisotopic (exact) mass is 200 g/mol. The zero-order chi connectivity index (χ0) is 10.6. The molecule has 1 aromatic heterocycles. The first-order valence-corrected chi connectivity index (χ1v) is 4.07. The number of hydrogen-bond acceptors (Lipinski definition) is 3. The summed E-state index contributed by atoms with van der Waals surface area (Å²) < 4.78 is 26.7. The van der Waals surface area contributed by atoms with Crippen LogP contribution in [0.25, 0.3) is 0 Å². The summed E-state index contributed by atoms with van der Waals surface area (Å²) in [6.45, 7) is -0.457. The van der Waals surface area contributed by atoms with Crippen LogP contribution in [-0.2, 0) is 5.92 Å². The minimum absolute atomic E-state index is 0.344. The molecule has 0 aromatic carbocycles. The molecule has 0 bridgehead atoms. The summed E-state index contributed by atoms with van der Waals surface area (Å²) in [5.41, 5.74) is -1.28. The Kier molecular flexibility index (Phi) is 3.24. The molecule has 0 atom stereocenters. The van der Waals surface area contributed by atoms with Gasteiger partial charge < -0.3 is 10.5 Å². The topological polar surface area (TPSA) is 57.0 Å². The third-order valence-corrected chi connectivity index (χ3v) is 1.73. The predicted octanol–water partition coefficient (Wildman–Crippen LogP) is 1.58. The van der Waals surface area contributed by atoms with E-state index < -0.39 is 23.9 Å². The van der Waals surface area contributed by atoms with Gasteiger partial charge in [-0.25, -0.2) is 0 Å². The van der Waals surface area contributed by atoms with Crippen molar-refractivity contribution in [3.63, 3.8) is 0 Å². The highest BCUT2D eigenvalue weighted by Gasteiger charge is 2.37. The molecular formula is C9H10F2N2O. The molecule has 0 unspecified atom stereocenters. The van der Waals surface area contributed by atoms with E-state index in [2.05, 4.69) is 4.98 Å². The first-order valence-electron chi connectivity index (χ1n) is 4.07. The van der Waals surface area contributed by atoms with Crippen LogP contribution in [0.15, 0.2) is 24.4 Å². The summed E-state index contributed by atoms with van der Waals surface area (Å²) >= 11 is 0. The van der Waals surface area contributed by atoms with Crippen LogP contribution in [-0.4, -0.2) is 22.4 Å². The van der Waals surface area contributed by atoms with Gasteiger partial charge in [0.05, 0.1) is 5.71 Å². The second-order valence-corrected chi connectivity index (χ2v) is 2.74. The maximum atomic E-state index is 13.3. The molecule has 76 valence electrons. The summed E-state index contributed by atoms with van der Waals surface area (Å²) in [7, 11) is 0. The van der Waals surface area contributed by atoms with Crippen molar-refractivity contribution in [3.05, 3.63) is 30.1 Å². The maximum Gasteiger partial charge on any atom is 0.326 e. The van der Waals surface area contributed by atoms with Gasteiger partial charge in [-0.15, -0.1) is 0 Å². The van der Waals surface area contributed by atoms with E-state index in [1.54, 1.807) is 0 Å². The quantitative estimate of drug-likeness (QED) is 0.725. The van der Waals surface area contributed by atoms with Crippen molar-refractivity contribution in [2.45, 2.75) is 12.3 Å². The van der Waals surface area contributed by atoms with Gasteiger partial charge in [-0.3, -0.25) is 4.98 Å². The minimum atomic E-state index is -3.38. The zero-order valence-corrected chi connectivity index (χ0v) is 7.37. The van der Waals surface area contributed by atoms with E-state index in [1.165, 1.54) is 18.3 Å². The number of halogens is 2. The van der Waals surface area contributed by atoms with Gasteiger partial charge in [-0.05, 0) is 12.1 Å². The predicted molar refractivity (Wildman–Crippen MR) is 47.6 cm³/mol. The van der Waals surface area contributed by atoms with Crippen LogP contribution in [0.5, 0.6) is 0 Å². The van der Waals surface area contributed by atoms with Gasteiger partial charge in [0.1, 0.15) is 5.69 Å². The Balaban J connectivity index is 2.90. The van der Waals surface area contributed by atoms with E-state index in [4.69, 9.17) is 10.5 Å². The smallest absolute Gasteiger partial charge is 0.326 e. The molecule has 0 saturated carbocycles. The number of aliphatic hydroxyl groups is 1. The van der Waals surface area contributed by atoms with Crippen LogP contribution in [0.3, 0.4) is 0 Å². The highest BCUT2D eigenvalue weighted by molar-refractivity contribution is 5.88. The van der Waals surface area contributed by atoms with Crippen molar-refractivity contribution in [1.82, 2.24) is 4.98 Å². The molecule has 0 amide bonds. The van der Waals surface area contributed by atoms with Crippen LogP contribution in [0.4, 0.5) is 8.78 Å². The largest absolute Gasteiger partial charge is 0.396 e. The molecule has 0 spiro atoms.